The zero-order valence-electron chi connectivity index (χ0n) is 16.7. The molecule has 0 radical (unpaired) electrons. The van der Waals surface area contributed by atoms with Crippen LogP contribution >= 0.6 is 11.6 Å². The predicted octanol–water partition coefficient (Wildman–Crippen LogP) is 4.44. The number of hydrogen-bond acceptors (Lipinski definition) is 5. The fraction of sp³-hybridized carbons (Fsp3) is 0.526. The minimum Gasteiger partial charge on any atom is -0.459 e. The number of hydrazine groups is 1. The Bertz CT molecular complexity index is 774. The maximum atomic E-state index is 14.4. The van der Waals surface area contributed by atoms with Gasteiger partial charge in [-0.25, -0.2) is 28.8 Å². The zero-order chi connectivity index (χ0) is 21.6. The summed E-state index contributed by atoms with van der Waals surface area (Å²) in [7, 11) is 0. The largest absolute Gasteiger partial charge is 0.459 e. The van der Waals surface area contributed by atoms with Crippen LogP contribution in [-0.4, -0.2) is 53.9 Å². The van der Waals surface area contributed by atoms with Crippen LogP contribution in [0.1, 0.15) is 50.4 Å². The lowest BCUT2D eigenvalue weighted by atomic mass is 10.2. The van der Waals surface area contributed by atoms with Crippen molar-refractivity contribution >= 4 is 35.4 Å². The van der Waals surface area contributed by atoms with Gasteiger partial charge in [-0.2, -0.15) is 0 Å². The van der Waals surface area contributed by atoms with Crippen LogP contribution in [0.25, 0.3) is 0 Å². The number of anilines is 1. The van der Waals surface area contributed by atoms with Gasteiger partial charge in [-0.3, -0.25) is 0 Å². The van der Waals surface area contributed by atoms with Crippen molar-refractivity contribution in [2.24, 2.45) is 0 Å². The van der Waals surface area contributed by atoms with Gasteiger partial charge in [0.05, 0.1) is 29.0 Å². The number of nitrogens with one attached hydrogen (secondary N) is 1. The summed E-state index contributed by atoms with van der Waals surface area (Å²) in [6, 6.07) is 1.33. The summed E-state index contributed by atoms with van der Waals surface area (Å²) in [5.41, 5.74) is -0.321. The molecule has 0 atom stereocenters. The maximum Gasteiger partial charge on any atom is 0.428 e. The number of carbonyl (C=O) groups is 3. The number of esters is 1. The molecule has 0 saturated carbocycles. The number of nitrogens with zero attached hydrogens (tertiary/aromatic N) is 2. The minimum atomic E-state index is -0.818. The summed E-state index contributed by atoms with van der Waals surface area (Å²) in [6.45, 7) is 5.74. The van der Waals surface area contributed by atoms with Crippen molar-refractivity contribution < 1.29 is 28.2 Å². The molecule has 0 unspecified atom stereocenters. The van der Waals surface area contributed by atoms with Gasteiger partial charge in [0, 0.05) is 13.1 Å². The van der Waals surface area contributed by atoms with Crippen molar-refractivity contribution in [3.8, 4) is 0 Å². The van der Waals surface area contributed by atoms with E-state index in [4.69, 9.17) is 21.1 Å². The SMILES string of the molecule is CCOC(=O)N1CCCCCN1C(=O)Nc1cc(C(=O)OC(C)C)c(Cl)cc1F. The lowest BCUT2D eigenvalue weighted by Gasteiger charge is -2.32. The highest BCUT2D eigenvalue weighted by atomic mass is 35.5. The van der Waals surface area contributed by atoms with Gasteiger partial charge in [-0.15, -0.1) is 0 Å². The quantitative estimate of drug-likeness (QED) is 0.715. The van der Waals surface area contributed by atoms with E-state index in [9.17, 15) is 18.8 Å². The van der Waals surface area contributed by atoms with Crippen LogP contribution in [0.2, 0.25) is 5.02 Å². The molecule has 1 aromatic rings. The van der Waals surface area contributed by atoms with E-state index in [1.807, 2.05) is 0 Å². The molecule has 1 fully saturated rings. The molecular weight excluding hydrogens is 405 g/mol. The maximum absolute atomic E-state index is 14.4. The number of ether oxygens (including phenoxy) is 2. The van der Waals surface area contributed by atoms with E-state index in [1.165, 1.54) is 10.0 Å². The lowest BCUT2D eigenvalue weighted by molar-refractivity contribution is 0.0165. The van der Waals surface area contributed by atoms with E-state index < -0.39 is 30.0 Å². The Morgan fingerprint density at radius 3 is 2.45 bits per heavy atom. The van der Waals surface area contributed by atoms with Crippen molar-refractivity contribution in [1.29, 1.82) is 0 Å². The van der Waals surface area contributed by atoms with Crippen LogP contribution in [0.15, 0.2) is 12.1 Å². The summed E-state index contributed by atoms with van der Waals surface area (Å²) in [5.74, 6) is -1.55. The zero-order valence-corrected chi connectivity index (χ0v) is 17.4. The van der Waals surface area contributed by atoms with E-state index in [1.54, 1.807) is 20.8 Å². The van der Waals surface area contributed by atoms with Crippen molar-refractivity contribution in [2.75, 3.05) is 25.0 Å². The molecule has 3 amide bonds. The first-order valence-electron chi connectivity index (χ1n) is 9.47. The minimum absolute atomic E-state index is 0.0739. The summed E-state index contributed by atoms with van der Waals surface area (Å²) in [5, 5.41) is 4.66. The third-order valence-electron chi connectivity index (χ3n) is 4.11. The molecule has 1 aliphatic heterocycles. The van der Waals surface area contributed by atoms with Crippen molar-refractivity contribution in [3.05, 3.63) is 28.5 Å². The van der Waals surface area contributed by atoms with E-state index in [2.05, 4.69) is 5.32 Å². The summed E-state index contributed by atoms with van der Waals surface area (Å²) in [6.07, 6.45) is 1.18. The summed E-state index contributed by atoms with van der Waals surface area (Å²) in [4.78, 5) is 37.2. The molecule has 1 saturated heterocycles. The monoisotopic (exact) mass is 429 g/mol. The first-order valence-corrected chi connectivity index (χ1v) is 9.85. The van der Waals surface area contributed by atoms with E-state index >= 15 is 0 Å². The molecule has 1 N–H and O–H groups in total. The highest BCUT2D eigenvalue weighted by Crippen LogP contribution is 2.26. The van der Waals surface area contributed by atoms with Crippen LogP contribution in [0.3, 0.4) is 0 Å². The van der Waals surface area contributed by atoms with Gasteiger partial charge in [0.15, 0.2) is 0 Å². The van der Waals surface area contributed by atoms with Crippen LogP contribution in [0.4, 0.5) is 19.7 Å². The molecule has 0 aromatic heterocycles. The van der Waals surface area contributed by atoms with E-state index in [0.717, 1.165) is 18.6 Å². The fourth-order valence-electron chi connectivity index (χ4n) is 2.80. The molecule has 160 valence electrons. The van der Waals surface area contributed by atoms with Crippen LogP contribution in [0, 0.1) is 5.82 Å². The second-order valence-corrected chi connectivity index (χ2v) is 7.11. The second kappa shape index (κ2) is 10.3. The van der Waals surface area contributed by atoms with Crippen molar-refractivity contribution in [2.45, 2.75) is 46.1 Å². The number of benzene rings is 1. The van der Waals surface area contributed by atoms with Crippen LogP contribution in [0.5, 0.6) is 0 Å². The number of amides is 3. The third-order valence-corrected chi connectivity index (χ3v) is 4.42. The van der Waals surface area contributed by atoms with Gasteiger partial charge < -0.3 is 14.8 Å². The van der Waals surface area contributed by atoms with Gasteiger partial charge in [0.1, 0.15) is 5.82 Å². The smallest absolute Gasteiger partial charge is 0.428 e. The van der Waals surface area contributed by atoms with Gasteiger partial charge in [0.25, 0.3) is 0 Å². The molecule has 1 aliphatic rings. The van der Waals surface area contributed by atoms with Gasteiger partial charge in [0.2, 0.25) is 0 Å². The van der Waals surface area contributed by atoms with Crippen LogP contribution < -0.4 is 5.32 Å². The number of urea groups is 1. The van der Waals surface area contributed by atoms with Gasteiger partial charge in [-0.05, 0) is 52.2 Å². The normalized spacial score (nSPS) is 14.4. The third kappa shape index (κ3) is 5.96. The average molecular weight is 430 g/mol. The number of rotatable bonds is 4. The lowest BCUT2D eigenvalue weighted by Crippen LogP contribution is -2.51. The Labute approximate surface area is 173 Å². The van der Waals surface area contributed by atoms with Gasteiger partial charge >= 0.3 is 18.1 Å². The topological polar surface area (TPSA) is 88.2 Å². The van der Waals surface area contributed by atoms with Crippen molar-refractivity contribution in [3.63, 3.8) is 0 Å². The molecular formula is C19H25ClFN3O5. The van der Waals surface area contributed by atoms with E-state index in [0.29, 0.717) is 19.4 Å². The highest BCUT2D eigenvalue weighted by molar-refractivity contribution is 6.33. The van der Waals surface area contributed by atoms with E-state index in [-0.39, 0.29) is 29.4 Å². The molecule has 1 aromatic carbocycles. The first-order chi connectivity index (χ1) is 13.7. The highest BCUT2D eigenvalue weighted by Gasteiger charge is 2.29. The Morgan fingerprint density at radius 2 is 1.83 bits per heavy atom. The standard InChI is InChI=1S/C19H25ClFN3O5/c1-4-28-19(27)24-9-7-5-6-8-23(24)18(26)22-16-10-13(14(20)11-15(16)21)17(25)29-12(2)3/h10-12H,4-9H2,1-3H3,(H,22,26). The number of halogens is 2. The molecule has 0 spiro atoms. The summed E-state index contributed by atoms with van der Waals surface area (Å²) >= 11 is 5.95. The predicted molar refractivity (Wildman–Crippen MR) is 105 cm³/mol. The van der Waals surface area contributed by atoms with Crippen LogP contribution in [-0.2, 0) is 9.47 Å². The molecule has 0 aliphatic carbocycles. The Morgan fingerprint density at radius 1 is 1.17 bits per heavy atom. The molecule has 2 rings (SSSR count). The number of hydrogen-bond donors (Lipinski definition) is 1. The van der Waals surface area contributed by atoms with Gasteiger partial charge in [-0.1, -0.05) is 11.6 Å². The molecule has 8 nitrogen and oxygen atoms in total. The Hall–Kier alpha value is -2.55. The second-order valence-electron chi connectivity index (χ2n) is 6.70. The van der Waals surface area contributed by atoms with Crippen molar-refractivity contribution in [1.82, 2.24) is 10.0 Å². The molecule has 10 heteroatoms. The first kappa shape index (κ1) is 22.7. The Balaban J connectivity index is 2.25. The average Bonchev–Trinajstić information content (AvgIpc) is 2.89. The molecule has 0 bridgehead atoms. The summed E-state index contributed by atoms with van der Waals surface area (Å²) < 4.78 is 24.5. The molecule has 29 heavy (non-hydrogen) atoms. The Kier molecular flexibility index (Phi) is 8.07. The number of carbonyl (C=O) groups excluding carboxylic acids is 3. The fourth-order valence-corrected chi connectivity index (χ4v) is 3.03. The molecule has 1 heterocycles.